The molecule has 1 aromatic heterocycles. The Bertz CT molecular complexity index is 769. The van der Waals surface area contributed by atoms with Gasteiger partial charge in [0, 0.05) is 18.7 Å². The Labute approximate surface area is 119 Å². The average Bonchev–Trinajstić information content (AvgIpc) is 2.76. The van der Waals surface area contributed by atoms with Crippen molar-refractivity contribution in [2.75, 3.05) is 0 Å². The predicted molar refractivity (Wildman–Crippen MR) is 83.5 cm³/mol. The summed E-state index contributed by atoms with van der Waals surface area (Å²) in [5.74, 6) is 1.000. The number of hydrogen-bond acceptors (Lipinski definition) is 2. The van der Waals surface area contributed by atoms with Crippen LogP contribution in [0.1, 0.15) is 24.1 Å². The van der Waals surface area contributed by atoms with Gasteiger partial charge in [-0.05, 0) is 37.1 Å². The van der Waals surface area contributed by atoms with Crippen LogP contribution < -0.4 is 5.73 Å². The number of nitrogens with two attached hydrogens (primary N) is 1. The highest BCUT2D eigenvalue weighted by molar-refractivity contribution is 5.81. The van der Waals surface area contributed by atoms with Crippen molar-refractivity contribution in [3.63, 3.8) is 0 Å². The van der Waals surface area contributed by atoms with Crippen LogP contribution in [0.2, 0.25) is 0 Å². The number of benzene rings is 2. The third kappa shape index (κ3) is 2.00. The van der Waals surface area contributed by atoms with E-state index in [9.17, 15) is 0 Å². The molecule has 0 bridgehead atoms. The Hall–Kier alpha value is -2.13. The zero-order valence-electron chi connectivity index (χ0n) is 12.1. The standard InChI is InChI=1S/C17H19N3/c1-11-6-4-5-7-14(11)17-19-15-9-8-13(12(2)18)10-16(15)20(17)3/h4-10,12H,18H2,1-3H3. The minimum Gasteiger partial charge on any atom is -0.327 e. The van der Waals surface area contributed by atoms with Gasteiger partial charge in [0.1, 0.15) is 5.82 Å². The predicted octanol–water partition coefficient (Wildman–Crippen LogP) is 3.57. The summed E-state index contributed by atoms with van der Waals surface area (Å²) in [5, 5.41) is 0. The van der Waals surface area contributed by atoms with Gasteiger partial charge in [-0.1, -0.05) is 30.3 Å². The fourth-order valence-corrected chi connectivity index (χ4v) is 2.55. The molecule has 20 heavy (non-hydrogen) atoms. The lowest BCUT2D eigenvalue weighted by molar-refractivity contribution is 0.818. The van der Waals surface area contributed by atoms with Gasteiger partial charge in [-0.15, -0.1) is 0 Å². The van der Waals surface area contributed by atoms with Crippen molar-refractivity contribution in [1.29, 1.82) is 0 Å². The normalized spacial score (nSPS) is 12.8. The van der Waals surface area contributed by atoms with Crippen LogP contribution in [0.15, 0.2) is 42.5 Å². The molecule has 0 radical (unpaired) electrons. The molecule has 3 nitrogen and oxygen atoms in total. The van der Waals surface area contributed by atoms with E-state index in [0.717, 1.165) is 22.4 Å². The van der Waals surface area contributed by atoms with E-state index in [2.05, 4.69) is 61.0 Å². The minimum absolute atomic E-state index is 0.0382. The maximum atomic E-state index is 5.97. The zero-order valence-corrected chi connectivity index (χ0v) is 12.1. The Kier molecular flexibility index (Phi) is 3.07. The molecule has 3 rings (SSSR count). The van der Waals surface area contributed by atoms with Gasteiger partial charge in [0.25, 0.3) is 0 Å². The van der Waals surface area contributed by atoms with E-state index in [4.69, 9.17) is 10.7 Å². The number of rotatable bonds is 2. The number of imidazole rings is 1. The monoisotopic (exact) mass is 265 g/mol. The largest absolute Gasteiger partial charge is 0.327 e. The lowest BCUT2D eigenvalue weighted by Crippen LogP contribution is -2.04. The highest BCUT2D eigenvalue weighted by atomic mass is 15.1. The SMILES string of the molecule is Cc1ccccc1-c1nc2ccc(C(C)N)cc2n1C. The maximum absolute atomic E-state index is 5.97. The first kappa shape index (κ1) is 12.9. The first-order valence-electron chi connectivity index (χ1n) is 6.86. The summed E-state index contributed by atoms with van der Waals surface area (Å²) < 4.78 is 2.14. The van der Waals surface area contributed by atoms with Crippen LogP contribution in [-0.2, 0) is 7.05 Å². The molecular weight excluding hydrogens is 246 g/mol. The van der Waals surface area contributed by atoms with Crippen molar-refractivity contribution in [2.45, 2.75) is 19.9 Å². The molecule has 1 unspecified atom stereocenters. The van der Waals surface area contributed by atoms with E-state index >= 15 is 0 Å². The maximum Gasteiger partial charge on any atom is 0.141 e. The van der Waals surface area contributed by atoms with Crippen molar-refractivity contribution >= 4 is 11.0 Å². The number of aryl methyl sites for hydroxylation is 2. The van der Waals surface area contributed by atoms with Crippen LogP contribution in [0.3, 0.4) is 0 Å². The summed E-state index contributed by atoms with van der Waals surface area (Å²) in [6.07, 6.45) is 0. The molecule has 0 amide bonds. The van der Waals surface area contributed by atoms with Gasteiger partial charge in [-0.2, -0.15) is 0 Å². The van der Waals surface area contributed by atoms with Gasteiger partial charge in [0.2, 0.25) is 0 Å². The second-order valence-electron chi connectivity index (χ2n) is 5.35. The number of fused-ring (bicyclic) bond motifs is 1. The Morgan fingerprint density at radius 1 is 1.15 bits per heavy atom. The van der Waals surface area contributed by atoms with Crippen LogP contribution in [0.25, 0.3) is 22.4 Å². The minimum atomic E-state index is 0.0382. The summed E-state index contributed by atoms with van der Waals surface area (Å²) >= 11 is 0. The first-order chi connectivity index (χ1) is 9.58. The van der Waals surface area contributed by atoms with Crippen molar-refractivity contribution in [2.24, 2.45) is 12.8 Å². The van der Waals surface area contributed by atoms with Gasteiger partial charge < -0.3 is 10.3 Å². The lowest BCUT2D eigenvalue weighted by Gasteiger charge is -2.07. The molecule has 0 aliphatic carbocycles. The van der Waals surface area contributed by atoms with Crippen LogP contribution in [0, 0.1) is 6.92 Å². The molecule has 2 N–H and O–H groups in total. The number of nitrogens with zero attached hydrogens (tertiary/aromatic N) is 2. The summed E-state index contributed by atoms with van der Waals surface area (Å²) in [6, 6.07) is 14.6. The second kappa shape index (κ2) is 4.76. The molecule has 0 saturated heterocycles. The first-order valence-corrected chi connectivity index (χ1v) is 6.86. The van der Waals surface area contributed by atoms with Crippen molar-refractivity contribution in [3.05, 3.63) is 53.6 Å². The van der Waals surface area contributed by atoms with Gasteiger partial charge in [-0.25, -0.2) is 4.98 Å². The average molecular weight is 265 g/mol. The van der Waals surface area contributed by atoms with Gasteiger partial charge >= 0.3 is 0 Å². The smallest absolute Gasteiger partial charge is 0.141 e. The Morgan fingerprint density at radius 2 is 1.90 bits per heavy atom. The molecule has 0 aliphatic rings. The number of hydrogen-bond donors (Lipinski definition) is 1. The molecule has 0 spiro atoms. The second-order valence-corrected chi connectivity index (χ2v) is 5.35. The van der Waals surface area contributed by atoms with Crippen molar-refractivity contribution in [3.8, 4) is 11.4 Å². The molecule has 0 fully saturated rings. The lowest BCUT2D eigenvalue weighted by atomic mass is 10.1. The molecule has 3 heteroatoms. The topological polar surface area (TPSA) is 43.8 Å². The van der Waals surface area contributed by atoms with E-state index < -0.39 is 0 Å². The summed E-state index contributed by atoms with van der Waals surface area (Å²) in [4.78, 5) is 4.77. The summed E-state index contributed by atoms with van der Waals surface area (Å²) in [6.45, 7) is 4.11. The highest BCUT2D eigenvalue weighted by Gasteiger charge is 2.12. The summed E-state index contributed by atoms with van der Waals surface area (Å²) in [7, 11) is 2.06. The van der Waals surface area contributed by atoms with Crippen molar-refractivity contribution < 1.29 is 0 Å². The fraction of sp³-hybridized carbons (Fsp3) is 0.235. The quantitative estimate of drug-likeness (QED) is 0.769. The van der Waals surface area contributed by atoms with E-state index in [-0.39, 0.29) is 6.04 Å². The van der Waals surface area contributed by atoms with Gasteiger partial charge in [0.15, 0.2) is 0 Å². The fourth-order valence-electron chi connectivity index (χ4n) is 2.55. The van der Waals surface area contributed by atoms with Crippen LogP contribution in [0.5, 0.6) is 0 Å². The molecule has 102 valence electrons. The molecule has 0 saturated carbocycles. The zero-order chi connectivity index (χ0) is 14.3. The molecule has 2 aromatic carbocycles. The molecule has 1 atom stereocenters. The Balaban J connectivity index is 2.24. The molecule has 0 aliphatic heterocycles. The van der Waals surface area contributed by atoms with Crippen LogP contribution in [-0.4, -0.2) is 9.55 Å². The molecule has 3 aromatic rings. The molecular formula is C17H19N3. The third-order valence-electron chi connectivity index (χ3n) is 3.82. The number of aromatic nitrogens is 2. The van der Waals surface area contributed by atoms with Gasteiger partial charge in [-0.3, -0.25) is 0 Å². The highest BCUT2D eigenvalue weighted by Crippen LogP contribution is 2.27. The van der Waals surface area contributed by atoms with Gasteiger partial charge in [0.05, 0.1) is 11.0 Å². The van der Waals surface area contributed by atoms with Crippen molar-refractivity contribution in [1.82, 2.24) is 9.55 Å². The third-order valence-corrected chi connectivity index (χ3v) is 3.82. The van der Waals surface area contributed by atoms with E-state index in [0.29, 0.717) is 0 Å². The van der Waals surface area contributed by atoms with E-state index in [1.54, 1.807) is 0 Å². The molecule has 1 heterocycles. The van der Waals surface area contributed by atoms with Crippen LogP contribution >= 0.6 is 0 Å². The van der Waals surface area contributed by atoms with Crippen LogP contribution in [0.4, 0.5) is 0 Å². The Morgan fingerprint density at radius 3 is 2.60 bits per heavy atom. The summed E-state index contributed by atoms with van der Waals surface area (Å²) in [5.41, 5.74) is 11.6. The van der Waals surface area contributed by atoms with E-state index in [1.807, 2.05) is 6.92 Å². The van der Waals surface area contributed by atoms with E-state index in [1.165, 1.54) is 11.1 Å².